The number of aryl methyl sites for hydroxylation is 2. The Hall–Kier alpha value is -3.32. The molecule has 0 aromatic heterocycles. The molecule has 2 unspecified atom stereocenters. The summed E-state index contributed by atoms with van der Waals surface area (Å²) in [7, 11) is 0. The number of piperazine rings is 1. The summed E-state index contributed by atoms with van der Waals surface area (Å²) in [4.78, 5) is 15.9. The molecular weight excluding hydrogens is 534 g/mol. The maximum atomic E-state index is 13.8. The molecule has 0 spiro atoms. The number of nitrogens with zero attached hydrogens (tertiary/aromatic N) is 1. The van der Waals surface area contributed by atoms with Crippen LogP contribution in [0.25, 0.3) is 0 Å². The van der Waals surface area contributed by atoms with Gasteiger partial charge in [-0.05, 0) is 79.6 Å². The Kier molecular flexibility index (Phi) is 8.07. The maximum absolute atomic E-state index is 13.8. The van der Waals surface area contributed by atoms with E-state index in [0.717, 1.165) is 54.8 Å². The number of benzene rings is 3. The van der Waals surface area contributed by atoms with Crippen LogP contribution in [0.2, 0.25) is 5.02 Å². The first-order chi connectivity index (χ1) is 19.9. The van der Waals surface area contributed by atoms with Crippen LogP contribution in [-0.2, 0) is 16.9 Å². The van der Waals surface area contributed by atoms with Crippen molar-refractivity contribution in [1.82, 2.24) is 15.5 Å². The number of carbonyl (C=O) groups is 1. The van der Waals surface area contributed by atoms with Crippen LogP contribution in [0.1, 0.15) is 41.5 Å². The first-order valence-electron chi connectivity index (χ1n) is 14.6. The predicted octanol–water partition coefficient (Wildman–Crippen LogP) is 5.69. The van der Waals surface area contributed by atoms with Gasteiger partial charge in [-0.25, -0.2) is 0 Å². The zero-order chi connectivity index (χ0) is 28.4. The van der Waals surface area contributed by atoms with Crippen LogP contribution in [0.4, 0.5) is 0 Å². The number of carbonyl (C=O) groups excluding carboxylic acids is 1. The Balaban J connectivity index is 1.08. The van der Waals surface area contributed by atoms with E-state index in [1.807, 2.05) is 56.3 Å². The number of rotatable bonds is 10. The Labute approximate surface area is 247 Å². The number of fused-ring (bicyclic) bond motifs is 2. The second-order valence-corrected chi connectivity index (χ2v) is 11.9. The second-order valence-electron chi connectivity index (χ2n) is 11.5. The van der Waals surface area contributed by atoms with Gasteiger partial charge >= 0.3 is 0 Å². The van der Waals surface area contributed by atoms with Gasteiger partial charge in [-0.1, -0.05) is 60.1 Å². The lowest BCUT2D eigenvalue weighted by atomic mass is 9.78. The molecule has 6 nitrogen and oxygen atoms in total. The first kappa shape index (κ1) is 27.8. The van der Waals surface area contributed by atoms with Crippen LogP contribution in [-0.4, -0.2) is 49.2 Å². The Morgan fingerprint density at radius 1 is 1.00 bits per heavy atom. The predicted molar refractivity (Wildman–Crippen MR) is 163 cm³/mol. The first-order valence-corrected chi connectivity index (χ1v) is 15.0. The lowest BCUT2D eigenvalue weighted by Gasteiger charge is -2.47. The largest absolute Gasteiger partial charge is 0.490 e. The molecule has 3 aromatic carbocycles. The van der Waals surface area contributed by atoms with Gasteiger partial charge in [-0.15, -0.1) is 0 Å². The molecular formula is C34H38ClN3O3. The van der Waals surface area contributed by atoms with E-state index >= 15 is 0 Å². The fourth-order valence-corrected chi connectivity index (χ4v) is 6.17. The third-order valence-electron chi connectivity index (χ3n) is 8.53. The van der Waals surface area contributed by atoms with E-state index in [-0.39, 0.29) is 17.5 Å². The maximum Gasteiger partial charge on any atom is 0.251 e. The highest BCUT2D eigenvalue weighted by atomic mass is 35.5. The highest BCUT2D eigenvalue weighted by Crippen LogP contribution is 2.37. The molecule has 2 fully saturated rings. The summed E-state index contributed by atoms with van der Waals surface area (Å²) < 4.78 is 11.8. The summed E-state index contributed by atoms with van der Waals surface area (Å²) in [6.45, 7) is 7.13. The van der Waals surface area contributed by atoms with Gasteiger partial charge in [0.05, 0.1) is 16.6 Å². The second kappa shape index (κ2) is 11.9. The number of ether oxygens (including phenoxy) is 2. The topological polar surface area (TPSA) is 62.8 Å². The molecule has 41 heavy (non-hydrogen) atoms. The Morgan fingerprint density at radius 2 is 1.73 bits per heavy atom. The number of amides is 1. The smallest absolute Gasteiger partial charge is 0.251 e. The molecule has 7 heteroatoms. The third-order valence-corrected chi connectivity index (χ3v) is 8.82. The van der Waals surface area contributed by atoms with Crippen molar-refractivity contribution in [2.75, 3.05) is 26.3 Å². The molecule has 1 saturated heterocycles. The fourth-order valence-electron chi connectivity index (χ4n) is 5.90. The minimum atomic E-state index is -0.252. The highest BCUT2D eigenvalue weighted by molar-refractivity contribution is 6.32. The van der Waals surface area contributed by atoms with Crippen molar-refractivity contribution >= 4 is 17.5 Å². The average molecular weight is 572 g/mol. The summed E-state index contributed by atoms with van der Waals surface area (Å²) in [5, 5.41) is 8.06. The van der Waals surface area contributed by atoms with Crippen LogP contribution in [0, 0.1) is 13.8 Å². The monoisotopic (exact) mass is 571 g/mol. The SMILES string of the molecule is Cc1cc(Cl)c(OCCOc2ccc(C34CC=C(C(=O)N(Cc5ccccc5)C5CC5)C(CNC3)N4)cc2)cc1C. The number of hydrogen-bond donors (Lipinski definition) is 2. The van der Waals surface area contributed by atoms with Crippen molar-refractivity contribution in [1.29, 1.82) is 0 Å². The van der Waals surface area contributed by atoms with E-state index in [9.17, 15) is 4.79 Å². The van der Waals surface area contributed by atoms with Gasteiger partial charge in [0.2, 0.25) is 0 Å². The normalized spacial score (nSPS) is 21.6. The Bertz CT molecular complexity index is 1420. The van der Waals surface area contributed by atoms with Gasteiger partial charge in [0.15, 0.2) is 0 Å². The van der Waals surface area contributed by atoms with E-state index < -0.39 is 0 Å². The highest BCUT2D eigenvalue weighted by Gasteiger charge is 2.44. The molecule has 1 amide bonds. The van der Waals surface area contributed by atoms with Gasteiger partial charge in [0, 0.05) is 31.2 Å². The minimum Gasteiger partial charge on any atom is -0.490 e. The quantitative estimate of drug-likeness (QED) is 0.306. The molecule has 3 aromatic rings. The lowest BCUT2D eigenvalue weighted by molar-refractivity contribution is -0.129. The molecule has 2 heterocycles. The van der Waals surface area contributed by atoms with Crippen molar-refractivity contribution in [3.05, 3.63) is 106 Å². The molecule has 214 valence electrons. The summed E-state index contributed by atoms with van der Waals surface area (Å²) in [5.74, 6) is 1.64. The molecule has 3 aliphatic rings. The minimum absolute atomic E-state index is 0.0210. The zero-order valence-corrected chi connectivity index (χ0v) is 24.5. The van der Waals surface area contributed by atoms with E-state index in [2.05, 4.69) is 45.9 Å². The van der Waals surface area contributed by atoms with E-state index in [1.165, 1.54) is 11.1 Å². The molecule has 2 atom stereocenters. The molecule has 2 aliphatic heterocycles. The van der Waals surface area contributed by atoms with Crippen molar-refractivity contribution in [2.45, 2.75) is 57.3 Å². The van der Waals surface area contributed by atoms with Gasteiger partial charge in [0.1, 0.15) is 24.7 Å². The van der Waals surface area contributed by atoms with Gasteiger partial charge in [-0.3, -0.25) is 10.1 Å². The third kappa shape index (κ3) is 6.15. The Morgan fingerprint density at radius 3 is 2.49 bits per heavy atom. The molecule has 0 radical (unpaired) electrons. The van der Waals surface area contributed by atoms with Crippen molar-refractivity contribution < 1.29 is 14.3 Å². The van der Waals surface area contributed by atoms with Crippen LogP contribution in [0.3, 0.4) is 0 Å². The molecule has 6 rings (SSSR count). The number of halogens is 1. The van der Waals surface area contributed by atoms with E-state index in [1.54, 1.807) is 0 Å². The van der Waals surface area contributed by atoms with Crippen molar-refractivity contribution in [2.24, 2.45) is 0 Å². The van der Waals surface area contributed by atoms with Gasteiger partial charge < -0.3 is 19.7 Å². The lowest BCUT2D eigenvalue weighted by Crippen LogP contribution is -2.65. The van der Waals surface area contributed by atoms with E-state index in [4.69, 9.17) is 21.1 Å². The number of nitrogens with one attached hydrogen (secondary N) is 2. The van der Waals surface area contributed by atoms with Crippen LogP contribution >= 0.6 is 11.6 Å². The molecule has 2 bridgehead atoms. The molecule has 2 N–H and O–H groups in total. The summed E-state index contributed by atoms with van der Waals surface area (Å²) >= 11 is 6.32. The zero-order valence-electron chi connectivity index (χ0n) is 23.8. The van der Waals surface area contributed by atoms with Gasteiger partial charge in [-0.2, -0.15) is 0 Å². The van der Waals surface area contributed by atoms with Crippen LogP contribution in [0.5, 0.6) is 11.5 Å². The molecule has 1 aliphatic carbocycles. The van der Waals surface area contributed by atoms with Crippen LogP contribution < -0.4 is 20.1 Å². The van der Waals surface area contributed by atoms with E-state index in [0.29, 0.717) is 36.6 Å². The number of hydrogen-bond acceptors (Lipinski definition) is 5. The standard InChI is InChI=1S/C34H38ClN3O3/c1-23-18-30(35)32(19-24(23)2)41-17-16-40-28-12-8-26(9-13-28)34-15-14-29(31(37-34)20-36-22-34)33(39)38(27-10-11-27)21-25-6-4-3-5-7-25/h3-9,12-14,18-19,27,31,36-37H,10-11,15-17,20-22H2,1-2H3. The fraction of sp³-hybridized carbons (Fsp3) is 0.382. The average Bonchev–Trinajstić information content (AvgIpc) is 3.83. The van der Waals surface area contributed by atoms with Crippen molar-refractivity contribution in [3.8, 4) is 11.5 Å². The van der Waals surface area contributed by atoms with Gasteiger partial charge in [0.25, 0.3) is 5.91 Å². The summed E-state index contributed by atoms with van der Waals surface area (Å²) in [6, 6.07) is 22.8. The summed E-state index contributed by atoms with van der Waals surface area (Å²) in [6.07, 6.45) is 5.12. The summed E-state index contributed by atoms with van der Waals surface area (Å²) in [5.41, 5.74) is 5.29. The van der Waals surface area contributed by atoms with Crippen LogP contribution in [0.15, 0.2) is 78.4 Å². The van der Waals surface area contributed by atoms with Crippen molar-refractivity contribution in [3.63, 3.8) is 0 Å². The molecule has 1 saturated carbocycles.